The number of hydrogen-bond donors (Lipinski definition) is 0. The van der Waals surface area contributed by atoms with Crippen molar-refractivity contribution in [2.45, 2.75) is 13.8 Å². The standard InChI is InChI=1S/C11H10ClN3/c1-7-3-4-8(2)9(5-7)10-11(12)13-6-14-15-10/h3-6H,1-2H3. The molecule has 0 unspecified atom stereocenters. The number of aryl methyl sites for hydroxylation is 2. The molecule has 0 radical (unpaired) electrons. The van der Waals surface area contributed by atoms with Crippen molar-refractivity contribution in [1.82, 2.24) is 15.2 Å². The first-order valence-corrected chi connectivity index (χ1v) is 4.97. The van der Waals surface area contributed by atoms with Crippen LogP contribution in [0.5, 0.6) is 0 Å². The van der Waals surface area contributed by atoms with Gasteiger partial charge in [-0.3, -0.25) is 0 Å². The summed E-state index contributed by atoms with van der Waals surface area (Å²) in [5.74, 6) is 0. The zero-order valence-corrected chi connectivity index (χ0v) is 9.28. The Kier molecular flexibility index (Phi) is 2.64. The van der Waals surface area contributed by atoms with E-state index in [9.17, 15) is 0 Å². The minimum atomic E-state index is 0.388. The Morgan fingerprint density at radius 3 is 2.73 bits per heavy atom. The molecule has 0 fully saturated rings. The number of halogens is 1. The number of aromatic nitrogens is 3. The van der Waals surface area contributed by atoms with Crippen molar-refractivity contribution in [3.8, 4) is 11.3 Å². The third-order valence-corrected chi connectivity index (χ3v) is 2.50. The van der Waals surface area contributed by atoms with Gasteiger partial charge >= 0.3 is 0 Å². The molecule has 1 aromatic heterocycles. The Hall–Kier alpha value is -1.48. The summed E-state index contributed by atoms with van der Waals surface area (Å²) >= 11 is 5.97. The quantitative estimate of drug-likeness (QED) is 0.740. The molecule has 0 bridgehead atoms. The molecule has 15 heavy (non-hydrogen) atoms. The van der Waals surface area contributed by atoms with E-state index in [1.165, 1.54) is 6.33 Å². The van der Waals surface area contributed by atoms with Gasteiger partial charge in [0, 0.05) is 5.56 Å². The minimum absolute atomic E-state index is 0.388. The number of hydrogen-bond acceptors (Lipinski definition) is 3. The fraction of sp³-hybridized carbons (Fsp3) is 0.182. The van der Waals surface area contributed by atoms with Gasteiger partial charge in [0.25, 0.3) is 0 Å². The van der Waals surface area contributed by atoms with Crippen molar-refractivity contribution < 1.29 is 0 Å². The van der Waals surface area contributed by atoms with Gasteiger partial charge in [0.15, 0.2) is 5.15 Å². The van der Waals surface area contributed by atoms with E-state index in [0.717, 1.165) is 16.7 Å². The lowest BCUT2D eigenvalue weighted by Gasteiger charge is -2.06. The largest absolute Gasteiger partial charge is 0.220 e. The molecule has 0 amide bonds. The van der Waals surface area contributed by atoms with Crippen molar-refractivity contribution in [3.63, 3.8) is 0 Å². The average molecular weight is 220 g/mol. The molecule has 0 aliphatic heterocycles. The summed E-state index contributed by atoms with van der Waals surface area (Å²) in [6.45, 7) is 4.04. The molecule has 0 saturated carbocycles. The number of benzene rings is 1. The summed E-state index contributed by atoms with van der Waals surface area (Å²) in [7, 11) is 0. The van der Waals surface area contributed by atoms with E-state index >= 15 is 0 Å². The Balaban J connectivity index is 2.64. The van der Waals surface area contributed by atoms with E-state index < -0.39 is 0 Å². The van der Waals surface area contributed by atoms with Crippen LogP contribution in [-0.2, 0) is 0 Å². The Bertz CT molecular complexity index is 497. The molecule has 0 saturated heterocycles. The van der Waals surface area contributed by atoms with E-state index in [1.807, 2.05) is 26.0 Å². The number of nitrogens with zero attached hydrogens (tertiary/aromatic N) is 3. The van der Waals surface area contributed by atoms with Crippen molar-refractivity contribution in [3.05, 3.63) is 40.8 Å². The van der Waals surface area contributed by atoms with Gasteiger partial charge in [0.1, 0.15) is 12.0 Å². The predicted molar refractivity (Wildman–Crippen MR) is 59.7 cm³/mol. The van der Waals surface area contributed by atoms with Gasteiger partial charge < -0.3 is 0 Å². The highest BCUT2D eigenvalue weighted by Gasteiger charge is 2.09. The highest BCUT2D eigenvalue weighted by atomic mass is 35.5. The second kappa shape index (κ2) is 3.95. The molecule has 3 nitrogen and oxygen atoms in total. The Labute approximate surface area is 93.1 Å². The van der Waals surface area contributed by atoms with Crippen LogP contribution >= 0.6 is 11.6 Å². The fourth-order valence-corrected chi connectivity index (χ4v) is 1.60. The van der Waals surface area contributed by atoms with Crippen molar-refractivity contribution >= 4 is 11.6 Å². The van der Waals surface area contributed by atoms with Crippen LogP contribution in [0.4, 0.5) is 0 Å². The van der Waals surface area contributed by atoms with Crippen LogP contribution in [0.2, 0.25) is 5.15 Å². The van der Waals surface area contributed by atoms with Crippen LogP contribution in [0.15, 0.2) is 24.5 Å². The summed E-state index contributed by atoms with van der Waals surface area (Å²) in [4.78, 5) is 3.92. The molecule has 0 atom stereocenters. The summed E-state index contributed by atoms with van der Waals surface area (Å²) in [5, 5.41) is 8.14. The molecule has 0 spiro atoms. The maximum atomic E-state index is 5.97. The van der Waals surface area contributed by atoms with Gasteiger partial charge in [-0.25, -0.2) is 4.98 Å². The van der Waals surface area contributed by atoms with Gasteiger partial charge in [0.05, 0.1) is 0 Å². The summed E-state index contributed by atoms with van der Waals surface area (Å²) in [5.41, 5.74) is 3.91. The topological polar surface area (TPSA) is 38.7 Å². The van der Waals surface area contributed by atoms with E-state index in [-0.39, 0.29) is 0 Å². The van der Waals surface area contributed by atoms with E-state index in [1.54, 1.807) is 0 Å². The fourth-order valence-electron chi connectivity index (χ4n) is 1.42. The van der Waals surface area contributed by atoms with Crippen molar-refractivity contribution in [2.24, 2.45) is 0 Å². The first kappa shape index (κ1) is 10.1. The third kappa shape index (κ3) is 1.97. The van der Waals surface area contributed by atoms with Crippen LogP contribution in [-0.4, -0.2) is 15.2 Å². The Morgan fingerprint density at radius 2 is 2.00 bits per heavy atom. The van der Waals surface area contributed by atoms with Crippen LogP contribution < -0.4 is 0 Å². The van der Waals surface area contributed by atoms with Crippen LogP contribution in [0.1, 0.15) is 11.1 Å². The molecule has 76 valence electrons. The zero-order valence-electron chi connectivity index (χ0n) is 8.53. The number of rotatable bonds is 1. The molecule has 0 N–H and O–H groups in total. The van der Waals surface area contributed by atoms with E-state index in [2.05, 4.69) is 21.2 Å². The summed E-state index contributed by atoms with van der Waals surface area (Å²) in [6.07, 6.45) is 1.34. The van der Waals surface area contributed by atoms with Gasteiger partial charge in [-0.1, -0.05) is 29.3 Å². The minimum Gasteiger partial charge on any atom is -0.220 e. The summed E-state index contributed by atoms with van der Waals surface area (Å²) < 4.78 is 0. The maximum Gasteiger partial charge on any atom is 0.159 e. The molecule has 1 aromatic carbocycles. The lowest BCUT2D eigenvalue weighted by molar-refractivity contribution is 0.975. The SMILES string of the molecule is Cc1ccc(C)c(-c2nncnc2Cl)c1. The predicted octanol–water partition coefficient (Wildman–Crippen LogP) is 2.81. The first-order chi connectivity index (χ1) is 7.18. The average Bonchev–Trinajstić information content (AvgIpc) is 2.23. The Morgan fingerprint density at radius 1 is 1.20 bits per heavy atom. The lowest BCUT2D eigenvalue weighted by Crippen LogP contribution is -1.93. The molecule has 2 rings (SSSR count). The van der Waals surface area contributed by atoms with Crippen molar-refractivity contribution in [1.29, 1.82) is 0 Å². The second-order valence-corrected chi connectivity index (χ2v) is 3.78. The van der Waals surface area contributed by atoms with Gasteiger partial charge in [-0.05, 0) is 25.5 Å². The van der Waals surface area contributed by atoms with Crippen molar-refractivity contribution in [2.75, 3.05) is 0 Å². The molecular weight excluding hydrogens is 210 g/mol. The van der Waals surface area contributed by atoms with E-state index in [0.29, 0.717) is 10.8 Å². The normalized spacial score (nSPS) is 10.3. The molecule has 0 aliphatic rings. The molecule has 2 aromatic rings. The first-order valence-electron chi connectivity index (χ1n) is 4.59. The maximum absolute atomic E-state index is 5.97. The van der Waals surface area contributed by atoms with Gasteiger partial charge in [-0.15, -0.1) is 10.2 Å². The van der Waals surface area contributed by atoms with E-state index in [4.69, 9.17) is 11.6 Å². The van der Waals surface area contributed by atoms with Gasteiger partial charge in [0.2, 0.25) is 0 Å². The van der Waals surface area contributed by atoms with Crippen LogP contribution in [0.3, 0.4) is 0 Å². The third-order valence-electron chi connectivity index (χ3n) is 2.22. The van der Waals surface area contributed by atoms with Gasteiger partial charge in [-0.2, -0.15) is 0 Å². The zero-order chi connectivity index (χ0) is 10.8. The monoisotopic (exact) mass is 219 g/mol. The molecule has 1 heterocycles. The molecule has 4 heteroatoms. The highest BCUT2D eigenvalue weighted by Crippen LogP contribution is 2.26. The second-order valence-electron chi connectivity index (χ2n) is 3.42. The summed E-state index contributed by atoms with van der Waals surface area (Å²) in [6, 6.07) is 6.12. The highest BCUT2D eigenvalue weighted by molar-refractivity contribution is 6.31. The lowest BCUT2D eigenvalue weighted by atomic mass is 10.0. The van der Waals surface area contributed by atoms with Crippen LogP contribution in [0, 0.1) is 13.8 Å². The van der Waals surface area contributed by atoms with Crippen LogP contribution in [0.25, 0.3) is 11.3 Å². The molecule has 0 aliphatic carbocycles. The molecular formula is C11H10ClN3. The smallest absolute Gasteiger partial charge is 0.159 e.